The highest BCUT2D eigenvalue weighted by molar-refractivity contribution is 7.07. The van der Waals surface area contributed by atoms with Crippen LogP contribution in [0.15, 0.2) is 93.9 Å². The van der Waals surface area contributed by atoms with E-state index in [0.717, 1.165) is 11.1 Å². The summed E-state index contributed by atoms with van der Waals surface area (Å²) in [6, 6.07) is 19.9. The summed E-state index contributed by atoms with van der Waals surface area (Å²) in [7, 11) is 3.07. The van der Waals surface area contributed by atoms with Gasteiger partial charge in [-0.3, -0.25) is 9.36 Å². The summed E-state index contributed by atoms with van der Waals surface area (Å²) in [5, 5.41) is 0. The van der Waals surface area contributed by atoms with Gasteiger partial charge in [0.25, 0.3) is 5.56 Å². The maximum atomic E-state index is 13.9. The van der Waals surface area contributed by atoms with Crippen molar-refractivity contribution in [3.63, 3.8) is 0 Å². The minimum absolute atomic E-state index is 0.0682. The maximum Gasteiger partial charge on any atom is 0.338 e. The summed E-state index contributed by atoms with van der Waals surface area (Å²) >= 11 is 1.24. The number of allylic oxidation sites excluding steroid dienone is 1. The molecule has 0 saturated carbocycles. The predicted molar refractivity (Wildman–Crippen MR) is 157 cm³/mol. The van der Waals surface area contributed by atoms with Crippen LogP contribution in [-0.4, -0.2) is 38.0 Å². The topological polar surface area (TPSA) is 88.4 Å². The molecule has 0 N–H and O–H groups in total. The molecular weight excluding hydrogens is 559 g/mol. The molecule has 1 aliphatic heterocycles. The number of benzene rings is 3. The predicted octanol–water partition coefficient (Wildman–Crippen LogP) is 4.15. The number of thiazole rings is 1. The average Bonchev–Trinajstić information content (AvgIpc) is 3.30. The average molecular weight is 589 g/mol. The fourth-order valence-electron chi connectivity index (χ4n) is 4.62. The number of nitrogens with zero attached hydrogens (tertiary/aromatic N) is 2. The molecule has 0 fully saturated rings. The number of halogens is 1. The Kier molecular flexibility index (Phi) is 8.94. The van der Waals surface area contributed by atoms with Gasteiger partial charge >= 0.3 is 5.97 Å². The van der Waals surface area contributed by atoms with Gasteiger partial charge in [-0.2, -0.15) is 0 Å². The van der Waals surface area contributed by atoms with E-state index in [1.165, 1.54) is 35.1 Å². The summed E-state index contributed by atoms with van der Waals surface area (Å²) in [6.45, 7) is 2.35. The summed E-state index contributed by atoms with van der Waals surface area (Å²) in [5.41, 5.74) is 2.71. The van der Waals surface area contributed by atoms with E-state index < -0.39 is 12.0 Å². The van der Waals surface area contributed by atoms with Crippen molar-refractivity contribution in [3.05, 3.63) is 126 Å². The number of carbonyl (C=O) groups excluding carboxylic acids is 1. The molecule has 0 radical (unpaired) electrons. The van der Waals surface area contributed by atoms with Gasteiger partial charge in [-0.25, -0.2) is 14.2 Å². The lowest BCUT2D eigenvalue weighted by Gasteiger charge is -2.26. The van der Waals surface area contributed by atoms with E-state index in [9.17, 15) is 14.0 Å². The number of methoxy groups -OCH3 is 2. The minimum Gasteiger partial charge on any atom is -0.496 e. The van der Waals surface area contributed by atoms with E-state index in [0.29, 0.717) is 38.7 Å². The first kappa shape index (κ1) is 29.0. The lowest BCUT2D eigenvalue weighted by atomic mass is 9.95. The summed E-state index contributed by atoms with van der Waals surface area (Å²) in [6.07, 6.45) is 1.78. The number of ether oxygens (including phenoxy) is 4. The molecule has 1 aliphatic rings. The second-order valence-corrected chi connectivity index (χ2v) is 10.4. The number of fused-ring (bicyclic) bond motifs is 1. The third-order valence-corrected chi connectivity index (χ3v) is 7.68. The van der Waals surface area contributed by atoms with Crippen molar-refractivity contribution in [2.75, 3.05) is 27.4 Å². The van der Waals surface area contributed by atoms with Crippen molar-refractivity contribution in [3.8, 4) is 11.5 Å². The largest absolute Gasteiger partial charge is 0.496 e. The monoisotopic (exact) mass is 588 g/mol. The van der Waals surface area contributed by atoms with Crippen LogP contribution in [0.5, 0.6) is 11.5 Å². The number of hydrogen-bond acceptors (Lipinski definition) is 8. The number of para-hydroxylation sites is 1. The first-order valence-electron chi connectivity index (χ1n) is 13.2. The van der Waals surface area contributed by atoms with Gasteiger partial charge in [-0.1, -0.05) is 53.8 Å². The smallest absolute Gasteiger partial charge is 0.338 e. The second kappa shape index (κ2) is 13.0. The molecule has 0 amide bonds. The van der Waals surface area contributed by atoms with Gasteiger partial charge < -0.3 is 18.9 Å². The minimum atomic E-state index is -0.795. The van der Waals surface area contributed by atoms with Crippen LogP contribution in [0.1, 0.15) is 29.7 Å². The van der Waals surface area contributed by atoms with Crippen molar-refractivity contribution in [2.24, 2.45) is 4.99 Å². The van der Waals surface area contributed by atoms with Crippen molar-refractivity contribution >= 4 is 23.4 Å². The van der Waals surface area contributed by atoms with Gasteiger partial charge in [-0.05, 0) is 54.5 Å². The Hall–Kier alpha value is -4.54. The molecule has 42 heavy (non-hydrogen) atoms. The second-order valence-electron chi connectivity index (χ2n) is 9.44. The SMILES string of the molecule is COCCOC(=O)C1=C(C)N=c2sc(=Cc3ccc(OCc4ccc(F)cc4)cc3)c(=O)n2C1c1ccccc1OC. The fraction of sp³-hybridized carbons (Fsp3) is 0.219. The number of carbonyl (C=O) groups is 1. The van der Waals surface area contributed by atoms with Crippen molar-refractivity contribution in [1.29, 1.82) is 0 Å². The quantitative estimate of drug-likeness (QED) is 0.204. The Morgan fingerprint density at radius 1 is 1.02 bits per heavy atom. The number of esters is 1. The molecule has 2 heterocycles. The van der Waals surface area contributed by atoms with Crippen LogP contribution < -0.4 is 24.4 Å². The first-order valence-corrected chi connectivity index (χ1v) is 14.0. The third kappa shape index (κ3) is 6.19. The first-order chi connectivity index (χ1) is 20.4. The van der Waals surface area contributed by atoms with E-state index in [2.05, 4.69) is 4.99 Å². The molecule has 8 nitrogen and oxygen atoms in total. The van der Waals surface area contributed by atoms with Crippen LogP contribution >= 0.6 is 11.3 Å². The van der Waals surface area contributed by atoms with E-state index in [4.69, 9.17) is 18.9 Å². The third-order valence-electron chi connectivity index (χ3n) is 6.69. The molecule has 3 aromatic carbocycles. The van der Waals surface area contributed by atoms with Crippen molar-refractivity contribution in [1.82, 2.24) is 4.57 Å². The van der Waals surface area contributed by atoms with Gasteiger partial charge in [0.1, 0.15) is 36.6 Å². The Morgan fingerprint density at radius 2 is 1.76 bits per heavy atom. The Labute approximate surface area is 245 Å². The highest BCUT2D eigenvalue weighted by Gasteiger charge is 2.35. The summed E-state index contributed by atoms with van der Waals surface area (Å²) in [4.78, 5) is 32.3. The van der Waals surface area contributed by atoms with Crippen LogP contribution in [0.25, 0.3) is 6.08 Å². The van der Waals surface area contributed by atoms with Crippen LogP contribution in [0, 0.1) is 5.82 Å². The number of rotatable bonds is 10. The van der Waals surface area contributed by atoms with Crippen LogP contribution in [0.2, 0.25) is 0 Å². The highest BCUT2D eigenvalue weighted by atomic mass is 32.1. The molecule has 0 spiro atoms. The molecule has 216 valence electrons. The van der Waals surface area contributed by atoms with E-state index >= 15 is 0 Å². The summed E-state index contributed by atoms with van der Waals surface area (Å²) in [5.74, 6) is 0.303. The van der Waals surface area contributed by atoms with Crippen LogP contribution in [0.3, 0.4) is 0 Å². The Bertz CT molecular complexity index is 1790. The van der Waals surface area contributed by atoms with Gasteiger partial charge in [0, 0.05) is 12.7 Å². The zero-order valence-electron chi connectivity index (χ0n) is 23.3. The van der Waals surface area contributed by atoms with Gasteiger partial charge in [-0.15, -0.1) is 0 Å². The Balaban J connectivity index is 1.49. The van der Waals surface area contributed by atoms with E-state index in [-0.39, 0.29) is 30.2 Å². The molecule has 0 saturated heterocycles. The zero-order valence-corrected chi connectivity index (χ0v) is 24.2. The van der Waals surface area contributed by atoms with Crippen molar-refractivity contribution in [2.45, 2.75) is 19.6 Å². The van der Waals surface area contributed by atoms with E-state index in [1.807, 2.05) is 42.5 Å². The lowest BCUT2D eigenvalue weighted by molar-refractivity contribution is -0.140. The highest BCUT2D eigenvalue weighted by Crippen LogP contribution is 2.35. The molecular formula is C32H29FN2O6S. The standard InChI is InChI=1S/C32H29FN2O6S/c1-20-28(31(37)40-17-16-38-2)29(25-6-4-5-7-26(25)39-3)35-30(36)27(42-32(35)34-20)18-21-10-14-24(15-11-21)41-19-22-8-12-23(33)13-9-22/h4-15,18,29H,16-17,19H2,1-3H3. The summed E-state index contributed by atoms with van der Waals surface area (Å²) < 4.78 is 37.0. The molecule has 0 aliphatic carbocycles. The molecule has 5 rings (SSSR count). The zero-order chi connectivity index (χ0) is 29.6. The van der Waals surface area contributed by atoms with Gasteiger partial charge in [0.2, 0.25) is 0 Å². The lowest BCUT2D eigenvalue weighted by Crippen LogP contribution is -2.40. The van der Waals surface area contributed by atoms with Gasteiger partial charge in [0.15, 0.2) is 4.80 Å². The van der Waals surface area contributed by atoms with Crippen LogP contribution in [0.4, 0.5) is 4.39 Å². The molecule has 1 aromatic heterocycles. The van der Waals surface area contributed by atoms with E-state index in [1.54, 1.807) is 38.3 Å². The number of hydrogen-bond donors (Lipinski definition) is 0. The molecule has 1 unspecified atom stereocenters. The molecule has 4 aromatic rings. The fourth-order valence-corrected chi connectivity index (χ4v) is 5.67. The normalized spacial score (nSPS) is 14.8. The maximum absolute atomic E-state index is 13.9. The van der Waals surface area contributed by atoms with Gasteiger partial charge in [0.05, 0.1) is 29.5 Å². The molecule has 1 atom stereocenters. The number of aromatic nitrogens is 1. The van der Waals surface area contributed by atoms with Crippen molar-refractivity contribution < 1.29 is 28.1 Å². The molecule has 0 bridgehead atoms. The molecule has 10 heteroatoms. The van der Waals surface area contributed by atoms with Crippen LogP contribution in [-0.2, 0) is 20.9 Å². The Morgan fingerprint density at radius 3 is 2.48 bits per heavy atom.